The summed E-state index contributed by atoms with van der Waals surface area (Å²) < 4.78 is 2.87. The molecule has 0 unspecified atom stereocenters. The van der Waals surface area contributed by atoms with E-state index in [0.717, 1.165) is 40.3 Å². The summed E-state index contributed by atoms with van der Waals surface area (Å²) in [5, 5.41) is 0. The Morgan fingerprint density at radius 1 is 1.15 bits per heavy atom. The molecule has 1 aliphatic heterocycles. The number of amides is 1. The van der Waals surface area contributed by atoms with E-state index in [-0.39, 0.29) is 5.91 Å². The predicted molar refractivity (Wildman–Crippen MR) is 86.7 cm³/mol. The third kappa shape index (κ3) is 2.79. The number of hydrogen-bond donors (Lipinski definition) is 0. The van der Waals surface area contributed by atoms with Crippen LogP contribution in [0.2, 0.25) is 0 Å². The molecule has 0 atom stereocenters. The first-order valence-electron chi connectivity index (χ1n) is 6.55. The first-order valence-corrected chi connectivity index (χ1v) is 8.50. The second-order valence-corrected chi connectivity index (χ2v) is 6.74. The maximum Gasteiger partial charge on any atom is 0.255 e. The van der Waals surface area contributed by atoms with Gasteiger partial charge in [0, 0.05) is 47.1 Å². The number of hydrogen-bond acceptors (Lipinski definition) is 2. The van der Waals surface area contributed by atoms with Crippen LogP contribution in [-0.4, -0.2) is 40.0 Å². The number of halogens is 1. The van der Waals surface area contributed by atoms with Crippen molar-refractivity contribution in [2.45, 2.75) is 0 Å². The third-order valence-corrected chi connectivity index (χ3v) is 5.02. The topological polar surface area (TPSA) is 25.2 Å². The number of carbonyl (C=O) groups excluding carboxylic acids is 1. The lowest BCUT2D eigenvalue weighted by Crippen LogP contribution is -2.38. The first-order chi connectivity index (χ1) is 9.75. The minimum Gasteiger partial charge on any atom is -0.337 e. The molecule has 0 N–H and O–H groups in total. The highest BCUT2D eigenvalue weighted by Crippen LogP contribution is 2.23. The fourth-order valence-corrected chi connectivity index (χ4v) is 3.60. The lowest BCUT2D eigenvalue weighted by atomic mass is 10.1. The van der Waals surface area contributed by atoms with Crippen LogP contribution in [0.4, 0.5) is 0 Å². The molecule has 1 aromatic carbocycles. The van der Waals surface area contributed by atoms with E-state index < -0.39 is 0 Å². The van der Waals surface area contributed by atoms with Crippen LogP contribution in [-0.2, 0) is 0 Å². The maximum atomic E-state index is 12.6. The third-order valence-electron chi connectivity index (χ3n) is 3.38. The highest BCUT2D eigenvalue weighted by molar-refractivity contribution is 9.10. The Morgan fingerprint density at radius 3 is 2.55 bits per heavy atom. The van der Waals surface area contributed by atoms with Crippen molar-refractivity contribution in [1.82, 2.24) is 9.47 Å². The molecule has 0 spiro atoms. The molecule has 3 nitrogen and oxygen atoms in total. The van der Waals surface area contributed by atoms with Crippen LogP contribution in [0.1, 0.15) is 10.4 Å². The van der Waals surface area contributed by atoms with Gasteiger partial charge >= 0.3 is 0 Å². The van der Waals surface area contributed by atoms with Gasteiger partial charge in [0.05, 0.1) is 5.56 Å². The van der Waals surface area contributed by atoms with Crippen molar-refractivity contribution in [3.63, 3.8) is 0 Å². The number of benzene rings is 1. The zero-order valence-electron chi connectivity index (χ0n) is 11.0. The Morgan fingerprint density at radius 2 is 1.85 bits per heavy atom. The van der Waals surface area contributed by atoms with E-state index in [9.17, 15) is 4.79 Å². The summed E-state index contributed by atoms with van der Waals surface area (Å²) in [6.07, 6.45) is 3.96. The normalized spacial score (nSPS) is 15.3. The number of carbonyl (C=O) groups is 1. The number of thioether (sulfide) groups is 1. The molecule has 2 aromatic rings. The van der Waals surface area contributed by atoms with Gasteiger partial charge in [-0.05, 0) is 46.3 Å². The Kier molecular flexibility index (Phi) is 4.17. The van der Waals surface area contributed by atoms with Gasteiger partial charge in [0.2, 0.25) is 0 Å². The largest absolute Gasteiger partial charge is 0.337 e. The van der Waals surface area contributed by atoms with Crippen LogP contribution in [0.3, 0.4) is 0 Å². The van der Waals surface area contributed by atoms with Gasteiger partial charge in [-0.2, -0.15) is 11.8 Å². The molecule has 2 heterocycles. The van der Waals surface area contributed by atoms with Crippen molar-refractivity contribution >= 4 is 33.6 Å². The van der Waals surface area contributed by atoms with Gasteiger partial charge in [0.1, 0.15) is 0 Å². The monoisotopic (exact) mass is 350 g/mol. The molecule has 5 heteroatoms. The fraction of sp³-hybridized carbons (Fsp3) is 0.267. The standard InChI is InChI=1S/C15H15BrN2OS/c16-14-4-3-12(17-5-1-2-6-17)11-13(14)15(19)18-7-9-20-10-8-18/h1-6,11H,7-10H2. The summed E-state index contributed by atoms with van der Waals surface area (Å²) >= 11 is 5.41. The van der Waals surface area contributed by atoms with E-state index in [1.54, 1.807) is 0 Å². The molecule has 0 saturated carbocycles. The molecular formula is C15H15BrN2OS. The zero-order chi connectivity index (χ0) is 13.9. The predicted octanol–water partition coefficient (Wildman–Crippen LogP) is 3.43. The molecule has 104 valence electrons. The molecule has 0 bridgehead atoms. The van der Waals surface area contributed by atoms with Gasteiger partial charge in [-0.3, -0.25) is 4.79 Å². The van der Waals surface area contributed by atoms with E-state index in [4.69, 9.17) is 0 Å². The Bertz CT molecular complexity index is 606. The van der Waals surface area contributed by atoms with Crippen molar-refractivity contribution in [3.05, 3.63) is 52.8 Å². The van der Waals surface area contributed by atoms with Crippen LogP contribution < -0.4 is 0 Å². The summed E-state index contributed by atoms with van der Waals surface area (Å²) in [5.74, 6) is 2.17. The molecule has 20 heavy (non-hydrogen) atoms. The van der Waals surface area contributed by atoms with Gasteiger partial charge in [-0.25, -0.2) is 0 Å². The van der Waals surface area contributed by atoms with E-state index in [1.807, 2.05) is 64.0 Å². The Balaban J connectivity index is 1.92. The quantitative estimate of drug-likeness (QED) is 0.828. The van der Waals surface area contributed by atoms with Crippen LogP contribution in [0, 0.1) is 0 Å². The zero-order valence-corrected chi connectivity index (χ0v) is 13.4. The molecule has 1 fully saturated rings. The van der Waals surface area contributed by atoms with Crippen LogP contribution in [0.5, 0.6) is 0 Å². The van der Waals surface area contributed by atoms with Crippen molar-refractivity contribution in [3.8, 4) is 5.69 Å². The molecule has 1 saturated heterocycles. The molecule has 1 amide bonds. The van der Waals surface area contributed by atoms with Gasteiger partial charge < -0.3 is 9.47 Å². The lowest BCUT2D eigenvalue weighted by Gasteiger charge is -2.27. The second kappa shape index (κ2) is 6.06. The summed E-state index contributed by atoms with van der Waals surface area (Å²) in [7, 11) is 0. The highest BCUT2D eigenvalue weighted by atomic mass is 79.9. The summed E-state index contributed by atoms with van der Waals surface area (Å²) in [4.78, 5) is 14.6. The van der Waals surface area contributed by atoms with Gasteiger partial charge in [-0.15, -0.1) is 0 Å². The minimum absolute atomic E-state index is 0.117. The maximum absolute atomic E-state index is 12.6. The van der Waals surface area contributed by atoms with Crippen LogP contribution in [0.15, 0.2) is 47.2 Å². The minimum atomic E-state index is 0.117. The van der Waals surface area contributed by atoms with Crippen molar-refractivity contribution in [2.75, 3.05) is 24.6 Å². The van der Waals surface area contributed by atoms with Crippen molar-refractivity contribution in [1.29, 1.82) is 0 Å². The lowest BCUT2D eigenvalue weighted by molar-refractivity contribution is 0.0771. The number of nitrogens with zero attached hydrogens (tertiary/aromatic N) is 2. The molecule has 3 rings (SSSR count). The fourth-order valence-electron chi connectivity index (χ4n) is 2.28. The summed E-state index contributed by atoms with van der Waals surface area (Å²) in [5.41, 5.74) is 1.75. The van der Waals surface area contributed by atoms with Gasteiger partial charge in [0.25, 0.3) is 5.91 Å². The van der Waals surface area contributed by atoms with Crippen LogP contribution in [0.25, 0.3) is 5.69 Å². The van der Waals surface area contributed by atoms with Crippen molar-refractivity contribution < 1.29 is 4.79 Å². The van der Waals surface area contributed by atoms with E-state index in [2.05, 4.69) is 15.9 Å². The SMILES string of the molecule is O=C(c1cc(-n2cccc2)ccc1Br)N1CCSCC1. The molecular weight excluding hydrogens is 336 g/mol. The number of aromatic nitrogens is 1. The average Bonchev–Trinajstić information content (AvgIpc) is 3.02. The second-order valence-electron chi connectivity index (χ2n) is 4.66. The smallest absolute Gasteiger partial charge is 0.255 e. The van der Waals surface area contributed by atoms with E-state index in [1.165, 1.54) is 0 Å². The van der Waals surface area contributed by atoms with E-state index in [0.29, 0.717) is 0 Å². The summed E-state index contributed by atoms with van der Waals surface area (Å²) in [6, 6.07) is 9.86. The van der Waals surface area contributed by atoms with Gasteiger partial charge in [0.15, 0.2) is 0 Å². The molecule has 0 aliphatic carbocycles. The molecule has 1 aliphatic rings. The molecule has 1 aromatic heterocycles. The van der Waals surface area contributed by atoms with Gasteiger partial charge in [-0.1, -0.05) is 0 Å². The number of rotatable bonds is 2. The summed E-state index contributed by atoms with van der Waals surface area (Å²) in [6.45, 7) is 1.67. The highest BCUT2D eigenvalue weighted by Gasteiger charge is 2.20. The Labute approximate surface area is 131 Å². The average molecular weight is 351 g/mol. The first kappa shape index (κ1) is 13.8. The van der Waals surface area contributed by atoms with Crippen LogP contribution >= 0.6 is 27.7 Å². The van der Waals surface area contributed by atoms with E-state index >= 15 is 0 Å². The Hall–Kier alpha value is -1.20. The van der Waals surface area contributed by atoms with Crippen molar-refractivity contribution in [2.24, 2.45) is 0 Å². The molecule has 0 radical (unpaired) electrons.